The Kier molecular flexibility index (Phi) is 2.84. The zero-order valence-electron chi connectivity index (χ0n) is 9.78. The van der Waals surface area contributed by atoms with Crippen molar-refractivity contribution in [2.75, 3.05) is 0 Å². The number of carbonyl (C=O) groups is 1. The molecule has 94 valence electrons. The van der Waals surface area contributed by atoms with Gasteiger partial charge in [-0.3, -0.25) is 4.79 Å². The molecule has 4 heteroatoms. The van der Waals surface area contributed by atoms with E-state index in [0.29, 0.717) is 16.1 Å². The third-order valence-electron chi connectivity index (χ3n) is 2.98. The number of carbonyl (C=O) groups excluding carboxylic acids is 1. The van der Waals surface area contributed by atoms with Gasteiger partial charge in [-0.15, -0.1) is 0 Å². The first-order valence-corrected chi connectivity index (χ1v) is 6.10. The third-order valence-corrected chi connectivity index (χ3v) is 3.21. The largest absolute Gasteiger partial charge is 0.360 e. The van der Waals surface area contributed by atoms with Crippen LogP contribution in [0.3, 0.4) is 0 Å². The molecule has 0 aliphatic carbocycles. The second-order valence-electron chi connectivity index (χ2n) is 4.23. The zero-order valence-corrected chi connectivity index (χ0v) is 10.5. The highest BCUT2D eigenvalue weighted by Crippen LogP contribution is 2.24. The van der Waals surface area contributed by atoms with Crippen molar-refractivity contribution >= 4 is 28.3 Å². The number of aromatic nitrogens is 1. The summed E-state index contributed by atoms with van der Waals surface area (Å²) in [5, 5.41) is 1.29. The highest BCUT2D eigenvalue weighted by Gasteiger charge is 2.14. The first-order valence-electron chi connectivity index (χ1n) is 5.72. The first kappa shape index (κ1) is 11.9. The lowest BCUT2D eigenvalue weighted by atomic mass is 10.0. The van der Waals surface area contributed by atoms with Gasteiger partial charge in [0.25, 0.3) is 0 Å². The number of H-pyrrole nitrogens is 1. The van der Waals surface area contributed by atoms with Gasteiger partial charge in [-0.1, -0.05) is 23.7 Å². The van der Waals surface area contributed by atoms with E-state index in [0.717, 1.165) is 10.9 Å². The van der Waals surface area contributed by atoms with Crippen LogP contribution in [0.2, 0.25) is 5.02 Å². The molecule has 0 fully saturated rings. The normalized spacial score (nSPS) is 10.8. The number of halogens is 2. The molecule has 0 unspecified atom stereocenters. The summed E-state index contributed by atoms with van der Waals surface area (Å²) in [5.41, 5.74) is 1.63. The Morgan fingerprint density at radius 2 is 2.00 bits per heavy atom. The van der Waals surface area contributed by atoms with Gasteiger partial charge < -0.3 is 4.98 Å². The molecule has 3 rings (SSSR count). The molecule has 0 amide bonds. The van der Waals surface area contributed by atoms with Gasteiger partial charge in [-0.2, -0.15) is 0 Å². The van der Waals surface area contributed by atoms with Crippen molar-refractivity contribution in [1.82, 2.24) is 4.98 Å². The summed E-state index contributed by atoms with van der Waals surface area (Å²) in [6.07, 6.45) is 1.62. The summed E-state index contributed by atoms with van der Waals surface area (Å²) < 4.78 is 13.2. The Hall–Kier alpha value is -2.13. The lowest BCUT2D eigenvalue weighted by Gasteiger charge is -2.00. The number of aromatic amines is 1. The van der Waals surface area contributed by atoms with Crippen LogP contribution < -0.4 is 0 Å². The van der Waals surface area contributed by atoms with Crippen LogP contribution in [0.4, 0.5) is 4.39 Å². The number of hydrogen-bond acceptors (Lipinski definition) is 1. The molecule has 2 nitrogen and oxygen atoms in total. The summed E-state index contributed by atoms with van der Waals surface area (Å²) >= 11 is 5.94. The molecule has 1 N–H and O–H groups in total. The molecule has 0 bridgehead atoms. The Bertz CT molecular complexity index is 779. The third kappa shape index (κ3) is 2.13. The summed E-state index contributed by atoms with van der Waals surface area (Å²) in [6.45, 7) is 0. The van der Waals surface area contributed by atoms with Crippen LogP contribution in [-0.2, 0) is 0 Å². The lowest BCUT2D eigenvalue weighted by Crippen LogP contribution is -2.00. The number of nitrogens with one attached hydrogen (secondary N) is 1. The maximum atomic E-state index is 13.2. The quantitative estimate of drug-likeness (QED) is 0.698. The van der Waals surface area contributed by atoms with Crippen molar-refractivity contribution in [3.8, 4) is 0 Å². The minimum absolute atomic E-state index is 0.229. The molecule has 0 aliphatic heterocycles. The summed E-state index contributed by atoms with van der Waals surface area (Å²) in [7, 11) is 0. The van der Waals surface area contributed by atoms with Crippen molar-refractivity contribution < 1.29 is 9.18 Å². The predicted molar refractivity (Wildman–Crippen MR) is 73.1 cm³/mol. The van der Waals surface area contributed by atoms with Crippen molar-refractivity contribution in [3.63, 3.8) is 0 Å². The van der Waals surface area contributed by atoms with Gasteiger partial charge in [0.2, 0.25) is 0 Å². The number of rotatable bonds is 2. The van der Waals surface area contributed by atoms with Crippen LogP contribution >= 0.6 is 11.6 Å². The molecule has 0 aliphatic rings. The molecule has 1 heterocycles. The van der Waals surface area contributed by atoms with Gasteiger partial charge in [0, 0.05) is 33.2 Å². The smallest absolute Gasteiger partial charge is 0.195 e. The van der Waals surface area contributed by atoms with Crippen molar-refractivity contribution in [1.29, 1.82) is 0 Å². The van der Waals surface area contributed by atoms with Crippen molar-refractivity contribution in [3.05, 3.63) is 70.6 Å². The van der Waals surface area contributed by atoms with Crippen molar-refractivity contribution in [2.24, 2.45) is 0 Å². The van der Waals surface area contributed by atoms with Crippen LogP contribution in [0.1, 0.15) is 15.9 Å². The van der Waals surface area contributed by atoms with Gasteiger partial charge >= 0.3 is 0 Å². The van der Waals surface area contributed by atoms with E-state index in [1.807, 2.05) is 0 Å². The Balaban J connectivity index is 2.14. The SMILES string of the molecule is O=C(c1cccc(F)c1)c1c[nH]c2ccc(Cl)cc12. The van der Waals surface area contributed by atoms with E-state index in [1.54, 1.807) is 30.5 Å². The van der Waals surface area contributed by atoms with Crippen LogP contribution in [0.15, 0.2) is 48.7 Å². The molecule has 1 aromatic heterocycles. The lowest BCUT2D eigenvalue weighted by molar-refractivity contribution is 0.104. The molecule has 19 heavy (non-hydrogen) atoms. The standard InChI is InChI=1S/C15H9ClFNO/c16-10-4-5-14-12(7-10)13(8-18-14)15(19)9-2-1-3-11(17)6-9/h1-8,18H. The molecule has 3 aromatic rings. The van der Waals surface area contributed by atoms with E-state index in [-0.39, 0.29) is 5.78 Å². The molecule has 0 saturated carbocycles. The van der Waals surface area contributed by atoms with Gasteiger partial charge in [0.15, 0.2) is 5.78 Å². The molecule has 0 spiro atoms. The van der Waals surface area contributed by atoms with Crippen molar-refractivity contribution in [2.45, 2.75) is 0 Å². The number of benzene rings is 2. The van der Waals surface area contributed by atoms with E-state index in [9.17, 15) is 9.18 Å². The minimum Gasteiger partial charge on any atom is -0.360 e. The van der Waals surface area contributed by atoms with Crippen LogP contribution in [0.25, 0.3) is 10.9 Å². The Morgan fingerprint density at radius 3 is 2.79 bits per heavy atom. The van der Waals surface area contributed by atoms with E-state index in [1.165, 1.54) is 18.2 Å². The average molecular weight is 274 g/mol. The number of ketones is 1. The topological polar surface area (TPSA) is 32.9 Å². The summed E-state index contributed by atoms with van der Waals surface area (Å²) in [4.78, 5) is 15.4. The minimum atomic E-state index is -0.427. The van der Waals surface area contributed by atoms with Crippen LogP contribution in [0.5, 0.6) is 0 Å². The molecular formula is C15H9ClFNO. The fourth-order valence-electron chi connectivity index (χ4n) is 2.07. The van der Waals surface area contributed by atoms with Crippen LogP contribution in [-0.4, -0.2) is 10.8 Å². The fraction of sp³-hybridized carbons (Fsp3) is 0. The predicted octanol–water partition coefficient (Wildman–Crippen LogP) is 4.19. The zero-order chi connectivity index (χ0) is 13.4. The number of fused-ring (bicyclic) bond motifs is 1. The molecule has 2 aromatic carbocycles. The summed E-state index contributed by atoms with van der Waals surface area (Å²) in [6, 6.07) is 10.9. The van der Waals surface area contributed by atoms with Gasteiger partial charge in [-0.05, 0) is 30.3 Å². The van der Waals surface area contributed by atoms with E-state index in [2.05, 4.69) is 4.98 Å². The van der Waals surface area contributed by atoms with Gasteiger partial charge in [-0.25, -0.2) is 4.39 Å². The highest BCUT2D eigenvalue weighted by molar-refractivity contribution is 6.31. The first-order chi connectivity index (χ1) is 9.15. The monoisotopic (exact) mass is 273 g/mol. The second-order valence-corrected chi connectivity index (χ2v) is 4.67. The molecular weight excluding hydrogens is 265 g/mol. The number of hydrogen-bond donors (Lipinski definition) is 1. The fourth-order valence-corrected chi connectivity index (χ4v) is 2.24. The maximum absolute atomic E-state index is 13.2. The van der Waals surface area contributed by atoms with E-state index in [4.69, 9.17) is 11.6 Å². The van der Waals surface area contributed by atoms with Gasteiger partial charge in [0.05, 0.1) is 0 Å². The van der Waals surface area contributed by atoms with E-state index < -0.39 is 5.82 Å². The second kappa shape index (κ2) is 4.52. The molecule has 0 radical (unpaired) electrons. The van der Waals surface area contributed by atoms with Gasteiger partial charge in [0.1, 0.15) is 5.82 Å². The molecule has 0 atom stereocenters. The average Bonchev–Trinajstić information content (AvgIpc) is 2.80. The summed E-state index contributed by atoms with van der Waals surface area (Å²) in [5.74, 6) is -0.656. The Morgan fingerprint density at radius 1 is 1.16 bits per heavy atom. The van der Waals surface area contributed by atoms with E-state index >= 15 is 0 Å². The maximum Gasteiger partial charge on any atom is 0.195 e. The Labute approximate surface area is 113 Å². The highest BCUT2D eigenvalue weighted by atomic mass is 35.5. The van der Waals surface area contributed by atoms with Crippen LogP contribution in [0, 0.1) is 5.82 Å². The molecule has 0 saturated heterocycles.